The van der Waals surface area contributed by atoms with E-state index in [0.717, 1.165) is 12.2 Å². The highest BCUT2D eigenvalue weighted by Crippen LogP contribution is 2.06. The van der Waals surface area contributed by atoms with Crippen LogP contribution in [0.1, 0.15) is 6.42 Å². The van der Waals surface area contributed by atoms with Gasteiger partial charge in [-0.1, -0.05) is 38.5 Å². The number of carbonyl (C=O) groups excluding carboxylic acids is 2. The first-order chi connectivity index (χ1) is 14.2. The van der Waals surface area contributed by atoms with Crippen LogP contribution in [-0.2, 0) is 19.1 Å². The molecule has 0 saturated carbocycles. The van der Waals surface area contributed by atoms with Gasteiger partial charge in [0, 0.05) is 31.3 Å². The Balaban J connectivity index is 4.30. The Morgan fingerprint density at radius 2 is 1.63 bits per heavy atom. The number of hydrogen-bond donors (Lipinski definition) is 4. The number of nitrogens with two attached hydrogens (primary N) is 2. The molecule has 0 aliphatic carbocycles. The molecular formula is C22H30N4O4. The van der Waals surface area contributed by atoms with Gasteiger partial charge in [-0.15, -0.1) is 0 Å². The van der Waals surface area contributed by atoms with Crippen LogP contribution >= 0.6 is 0 Å². The van der Waals surface area contributed by atoms with E-state index in [0.29, 0.717) is 23.5 Å². The lowest BCUT2D eigenvalue weighted by atomic mass is 10.3. The molecule has 0 spiro atoms. The number of amides is 1. The molecule has 0 unspecified atom stereocenters. The van der Waals surface area contributed by atoms with Crippen molar-refractivity contribution in [1.82, 2.24) is 10.6 Å². The van der Waals surface area contributed by atoms with Crippen molar-refractivity contribution in [2.75, 3.05) is 20.3 Å². The van der Waals surface area contributed by atoms with Crippen LogP contribution in [0.5, 0.6) is 0 Å². The molecule has 0 bridgehead atoms. The second-order valence-electron chi connectivity index (χ2n) is 5.66. The molecule has 0 aromatic heterocycles. The lowest BCUT2D eigenvalue weighted by Gasteiger charge is -2.10. The summed E-state index contributed by atoms with van der Waals surface area (Å²) in [5, 5.41) is 5.38. The minimum atomic E-state index is -0.660. The first-order valence-corrected chi connectivity index (χ1v) is 8.98. The van der Waals surface area contributed by atoms with Gasteiger partial charge >= 0.3 is 5.97 Å². The minimum absolute atomic E-state index is 0.0956. The van der Waals surface area contributed by atoms with Gasteiger partial charge in [0.1, 0.15) is 5.76 Å². The fourth-order valence-electron chi connectivity index (χ4n) is 1.79. The quantitative estimate of drug-likeness (QED) is 0.112. The molecule has 8 heteroatoms. The predicted octanol–water partition coefficient (Wildman–Crippen LogP) is 1.80. The van der Waals surface area contributed by atoms with Crippen molar-refractivity contribution in [3.63, 3.8) is 0 Å². The third-order valence-electron chi connectivity index (χ3n) is 3.30. The number of rotatable bonds is 14. The van der Waals surface area contributed by atoms with E-state index in [-0.39, 0.29) is 24.7 Å². The molecule has 0 aliphatic heterocycles. The van der Waals surface area contributed by atoms with Gasteiger partial charge in [-0.3, -0.25) is 4.79 Å². The Morgan fingerprint density at radius 1 is 1.00 bits per heavy atom. The van der Waals surface area contributed by atoms with E-state index in [9.17, 15) is 9.59 Å². The van der Waals surface area contributed by atoms with Gasteiger partial charge in [0.05, 0.1) is 30.3 Å². The van der Waals surface area contributed by atoms with E-state index in [1.54, 1.807) is 19.2 Å². The smallest absolute Gasteiger partial charge is 0.330 e. The lowest BCUT2D eigenvalue weighted by molar-refractivity contribution is -0.138. The number of carbonyl (C=O) groups is 2. The summed E-state index contributed by atoms with van der Waals surface area (Å²) in [5.74, 6) is -0.916. The third kappa shape index (κ3) is 11.7. The first-order valence-electron chi connectivity index (χ1n) is 8.98. The molecule has 0 heterocycles. The highest BCUT2D eigenvalue weighted by Gasteiger charge is 2.05. The number of ether oxygens (including phenoxy) is 2. The van der Waals surface area contributed by atoms with E-state index in [2.05, 4.69) is 36.9 Å². The molecule has 0 rings (SSSR count). The van der Waals surface area contributed by atoms with Gasteiger partial charge in [0.25, 0.3) is 0 Å². The zero-order valence-electron chi connectivity index (χ0n) is 17.3. The second-order valence-corrected chi connectivity index (χ2v) is 5.66. The maximum Gasteiger partial charge on any atom is 0.330 e. The summed E-state index contributed by atoms with van der Waals surface area (Å²) >= 11 is 0. The molecule has 0 fully saturated rings. The van der Waals surface area contributed by atoms with Crippen molar-refractivity contribution in [3.8, 4) is 0 Å². The van der Waals surface area contributed by atoms with Gasteiger partial charge < -0.3 is 31.6 Å². The van der Waals surface area contributed by atoms with E-state index >= 15 is 0 Å². The van der Waals surface area contributed by atoms with Crippen molar-refractivity contribution < 1.29 is 19.1 Å². The van der Waals surface area contributed by atoms with E-state index < -0.39 is 11.9 Å². The van der Waals surface area contributed by atoms with E-state index in [1.807, 2.05) is 0 Å². The summed E-state index contributed by atoms with van der Waals surface area (Å²) in [6, 6.07) is 0. The molecule has 0 aromatic carbocycles. The molecule has 6 N–H and O–H groups in total. The van der Waals surface area contributed by atoms with Gasteiger partial charge in [-0.2, -0.15) is 0 Å². The molecule has 0 radical (unpaired) electrons. The van der Waals surface area contributed by atoms with Crippen LogP contribution in [0.4, 0.5) is 0 Å². The van der Waals surface area contributed by atoms with Crippen LogP contribution in [0.25, 0.3) is 0 Å². The average Bonchev–Trinajstić information content (AvgIpc) is 2.70. The number of allylic oxidation sites excluding steroid dienone is 5. The van der Waals surface area contributed by atoms with Crippen LogP contribution < -0.4 is 22.1 Å². The molecule has 8 nitrogen and oxygen atoms in total. The number of hydrogen-bond acceptors (Lipinski definition) is 7. The Kier molecular flexibility index (Phi) is 13.1. The average molecular weight is 415 g/mol. The SMILES string of the molecule is C=C/C=C(N)\C=C(\N)C(=C)OCCCOC(=O)/C=C/C(=O)N/C(=C/C=C)C(=C)NC. The molecule has 0 saturated heterocycles. The van der Waals surface area contributed by atoms with Crippen molar-refractivity contribution in [3.05, 3.63) is 97.4 Å². The lowest BCUT2D eigenvalue weighted by Crippen LogP contribution is -2.25. The van der Waals surface area contributed by atoms with Gasteiger partial charge in [-0.25, -0.2) is 4.79 Å². The maximum atomic E-state index is 11.9. The summed E-state index contributed by atoms with van der Waals surface area (Å²) in [6.07, 6.45) is 10.2. The highest BCUT2D eigenvalue weighted by molar-refractivity contribution is 5.95. The first kappa shape index (κ1) is 26.1. The number of likely N-dealkylation sites (N-methyl/N-ethyl adjacent to an activating group) is 1. The summed E-state index contributed by atoms with van der Waals surface area (Å²) < 4.78 is 10.4. The zero-order chi connectivity index (χ0) is 22.9. The summed E-state index contributed by atoms with van der Waals surface area (Å²) in [4.78, 5) is 23.5. The molecule has 0 aromatic rings. The van der Waals surface area contributed by atoms with Crippen LogP contribution in [0.15, 0.2) is 97.4 Å². The summed E-state index contributed by atoms with van der Waals surface area (Å²) in [7, 11) is 1.66. The second kappa shape index (κ2) is 15.0. The Bertz CT molecular complexity index is 789. The van der Waals surface area contributed by atoms with Gasteiger partial charge in [-0.05, 0) is 18.2 Å². The molecular weight excluding hydrogens is 384 g/mol. The maximum absolute atomic E-state index is 11.9. The van der Waals surface area contributed by atoms with E-state index in [4.69, 9.17) is 20.9 Å². The van der Waals surface area contributed by atoms with Crippen LogP contribution in [0.2, 0.25) is 0 Å². The van der Waals surface area contributed by atoms with Gasteiger partial charge in [0.15, 0.2) is 0 Å². The normalized spacial score (nSPS) is 12.1. The highest BCUT2D eigenvalue weighted by atomic mass is 16.5. The van der Waals surface area contributed by atoms with Crippen molar-refractivity contribution >= 4 is 11.9 Å². The molecule has 0 atom stereocenters. The number of esters is 1. The topological polar surface area (TPSA) is 129 Å². The van der Waals surface area contributed by atoms with Gasteiger partial charge in [0.2, 0.25) is 5.91 Å². The Hall–Kier alpha value is -3.94. The fourth-order valence-corrected chi connectivity index (χ4v) is 1.79. The molecule has 0 aliphatic rings. The Morgan fingerprint density at radius 3 is 2.23 bits per heavy atom. The summed E-state index contributed by atoms with van der Waals surface area (Å²) in [5.41, 5.74) is 13.1. The van der Waals surface area contributed by atoms with Crippen LogP contribution in [0, 0.1) is 0 Å². The Labute approximate surface area is 177 Å². The van der Waals surface area contributed by atoms with Crippen molar-refractivity contribution in [2.24, 2.45) is 11.5 Å². The van der Waals surface area contributed by atoms with E-state index in [1.165, 1.54) is 18.2 Å². The van der Waals surface area contributed by atoms with Crippen molar-refractivity contribution in [1.29, 1.82) is 0 Å². The zero-order valence-corrected chi connectivity index (χ0v) is 17.3. The third-order valence-corrected chi connectivity index (χ3v) is 3.30. The standard InChI is InChI=1S/C22H30N4O4/c1-6-9-18(23)15-19(24)17(4)29-13-8-14-30-22(28)12-11-21(27)26-20(10-7-2)16(3)25-5/h6-7,9-12,15,25H,1-4,8,13-14,23-24H2,5H3,(H,26,27)/b12-11+,18-9+,19-15+,20-10+. The van der Waals surface area contributed by atoms with Crippen LogP contribution in [-0.4, -0.2) is 32.1 Å². The summed E-state index contributed by atoms with van der Waals surface area (Å²) in [6.45, 7) is 14.9. The predicted molar refractivity (Wildman–Crippen MR) is 119 cm³/mol. The van der Waals surface area contributed by atoms with Crippen LogP contribution in [0.3, 0.4) is 0 Å². The molecule has 30 heavy (non-hydrogen) atoms. The van der Waals surface area contributed by atoms with Crippen molar-refractivity contribution in [2.45, 2.75) is 6.42 Å². The minimum Gasteiger partial charge on any atom is -0.492 e. The number of nitrogens with one attached hydrogen (secondary N) is 2. The monoisotopic (exact) mass is 414 g/mol. The fraction of sp³-hybridized carbons (Fsp3) is 0.182. The molecule has 1 amide bonds. The molecule has 162 valence electrons. The largest absolute Gasteiger partial charge is 0.492 e.